The first-order valence-corrected chi connectivity index (χ1v) is 7.24. The number of para-hydroxylation sites is 2. The largest absolute Gasteiger partial charge is 0.329 e. The van der Waals surface area contributed by atoms with Crippen LogP contribution in [0.15, 0.2) is 36.9 Å². The quantitative estimate of drug-likeness (QED) is 0.743. The zero-order valence-corrected chi connectivity index (χ0v) is 12.4. The molecule has 0 bridgehead atoms. The van der Waals surface area contributed by atoms with Crippen LogP contribution in [0.25, 0.3) is 11.0 Å². The lowest BCUT2D eigenvalue weighted by molar-refractivity contribution is 0.446. The molecule has 0 amide bonds. The summed E-state index contributed by atoms with van der Waals surface area (Å²) in [7, 11) is 1.93. The van der Waals surface area contributed by atoms with Crippen LogP contribution in [-0.4, -0.2) is 36.9 Å². The smallest absolute Gasteiger partial charge is 0.138 e. The van der Waals surface area contributed by atoms with Crippen LogP contribution in [0.1, 0.15) is 12.7 Å². The number of benzene rings is 1. The minimum Gasteiger partial charge on any atom is -0.329 e. The lowest BCUT2D eigenvalue weighted by atomic mass is 10.2. The molecule has 1 aromatic carbocycles. The van der Waals surface area contributed by atoms with E-state index in [-0.39, 0.29) is 0 Å². The third-order valence-electron chi connectivity index (χ3n) is 3.67. The Morgan fingerprint density at radius 2 is 2.10 bits per heavy atom. The molecule has 0 aliphatic carbocycles. The molecule has 0 aliphatic rings. The molecule has 0 aliphatic heterocycles. The summed E-state index contributed by atoms with van der Waals surface area (Å²) >= 11 is 0. The van der Waals surface area contributed by atoms with Crippen LogP contribution in [0, 0.1) is 0 Å². The zero-order valence-electron chi connectivity index (χ0n) is 12.4. The molecule has 2 heterocycles. The van der Waals surface area contributed by atoms with E-state index in [0.29, 0.717) is 6.04 Å². The number of hydrogen-bond donors (Lipinski definition) is 1. The molecule has 21 heavy (non-hydrogen) atoms. The number of nitrogens with one attached hydrogen (secondary N) is 1. The van der Waals surface area contributed by atoms with Crippen molar-refractivity contribution >= 4 is 11.0 Å². The first-order chi connectivity index (χ1) is 10.3. The molecule has 0 saturated carbocycles. The Balaban J connectivity index is 1.80. The monoisotopic (exact) mass is 284 g/mol. The summed E-state index contributed by atoms with van der Waals surface area (Å²) < 4.78 is 4.02. The Morgan fingerprint density at radius 1 is 1.24 bits per heavy atom. The topological polar surface area (TPSA) is 60.6 Å². The molecule has 0 fully saturated rings. The van der Waals surface area contributed by atoms with Gasteiger partial charge in [-0.25, -0.2) is 9.97 Å². The van der Waals surface area contributed by atoms with Crippen molar-refractivity contribution in [3.8, 4) is 0 Å². The molecular formula is C15H20N6. The Bertz CT molecular complexity index is 714. The molecule has 0 saturated heterocycles. The van der Waals surface area contributed by atoms with Crippen molar-refractivity contribution in [2.45, 2.75) is 25.9 Å². The van der Waals surface area contributed by atoms with E-state index in [2.05, 4.69) is 37.9 Å². The second kappa shape index (κ2) is 6.05. The fraction of sp³-hybridized carbons (Fsp3) is 0.400. The normalized spacial score (nSPS) is 12.9. The van der Waals surface area contributed by atoms with E-state index in [9.17, 15) is 0 Å². The fourth-order valence-electron chi connectivity index (χ4n) is 2.61. The van der Waals surface area contributed by atoms with Crippen LogP contribution in [-0.2, 0) is 20.0 Å². The van der Waals surface area contributed by atoms with Gasteiger partial charge in [-0.2, -0.15) is 5.10 Å². The van der Waals surface area contributed by atoms with E-state index in [1.165, 1.54) is 5.52 Å². The highest BCUT2D eigenvalue weighted by atomic mass is 15.3. The summed E-state index contributed by atoms with van der Waals surface area (Å²) in [6.07, 6.45) is 4.35. The van der Waals surface area contributed by atoms with Crippen molar-refractivity contribution in [1.29, 1.82) is 0 Å². The van der Waals surface area contributed by atoms with Gasteiger partial charge < -0.3 is 9.88 Å². The van der Waals surface area contributed by atoms with Gasteiger partial charge in [-0.3, -0.25) is 4.68 Å². The highest BCUT2D eigenvalue weighted by Crippen LogP contribution is 2.13. The van der Waals surface area contributed by atoms with Gasteiger partial charge in [0.2, 0.25) is 0 Å². The fourth-order valence-corrected chi connectivity index (χ4v) is 2.61. The minimum atomic E-state index is 0.301. The maximum absolute atomic E-state index is 4.45. The lowest BCUT2D eigenvalue weighted by Gasteiger charge is -2.18. The molecule has 3 aromatic rings. The molecule has 0 spiro atoms. The molecule has 2 aromatic heterocycles. The van der Waals surface area contributed by atoms with E-state index >= 15 is 0 Å². The average Bonchev–Trinajstić information content (AvgIpc) is 3.07. The zero-order chi connectivity index (χ0) is 14.7. The second-order valence-electron chi connectivity index (χ2n) is 5.14. The average molecular weight is 284 g/mol. The van der Waals surface area contributed by atoms with Crippen molar-refractivity contribution in [2.75, 3.05) is 6.54 Å². The van der Waals surface area contributed by atoms with Gasteiger partial charge in [0.25, 0.3) is 0 Å². The van der Waals surface area contributed by atoms with Crippen LogP contribution in [0.3, 0.4) is 0 Å². The number of hydrogen-bond acceptors (Lipinski definition) is 4. The van der Waals surface area contributed by atoms with E-state index in [0.717, 1.165) is 30.9 Å². The predicted octanol–water partition coefficient (Wildman–Crippen LogP) is 1.39. The molecule has 3 rings (SSSR count). The van der Waals surface area contributed by atoms with Gasteiger partial charge in [0.15, 0.2) is 0 Å². The molecule has 1 N–H and O–H groups in total. The van der Waals surface area contributed by atoms with E-state index in [1.54, 1.807) is 6.33 Å². The number of aromatic nitrogens is 5. The van der Waals surface area contributed by atoms with Crippen LogP contribution >= 0.6 is 0 Å². The van der Waals surface area contributed by atoms with Crippen LogP contribution in [0.5, 0.6) is 0 Å². The van der Waals surface area contributed by atoms with Gasteiger partial charge in [-0.05, 0) is 18.7 Å². The molecule has 1 atom stereocenters. The predicted molar refractivity (Wildman–Crippen MR) is 81.9 cm³/mol. The van der Waals surface area contributed by atoms with Gasteiger partial charge in [-0.1, -0.05) is 19.1 Å². The molecule has 1 unspecified atom stereocenters. The Hall–Kier alpha value is -2.21. The summed E-state index contributed by atoms with van der Waals surface area (Å²) in [5.74, 6) is 0.991. The Labute approximate surface area is 123 Å². The van der Waals surface area contributed by atoms with Crippen molar-refractivity contribution < 1.29 is 0 Å². The standard InChI is InChI=1S/C15H20N6/c1-3-16-12(8-15-17-10-19-20(15)2)9-21-11-18-13-6-4-5-7-14(13)21/h4-7,10-12,16H,3,8-9H2,1-2H3. The molecule has 0 radical (unpaired) electrons. The first-order valence-electron chi connectivity index (χ1n) is 7.24. The van der Waals surface area contributed by atoms with Gasteiger partial charge in [0.1, 0.15) is 12.2 Å². The van der Waals surface area contributed by atoms with Crippen molar-refractivity contribution in [3.63, 3.8) is 0 Å². The van der Waals surface area contributed by atoms with Gasteiger partial charge in [-0.15, -0.1) is 0 Å². The first kappa shape index (κ1) is 13.8. The number of imidazole rings is 1. The third kappa shape index (κ3) is 2.95. The van der Waals surface area contributed by atoms with Crippen LogP contribution in [0.4, 0.5) is 0 Å². The number of likely N-dealkylation sites (N-methyl/N-ethyl adjacent to an activating group) is 1. The van der Waals surface area contributed by atoms with Crippen molar-refractivity contribution in [3.05, 3.63) is 42.7 Å². The maximum atomic E-state index is 4.45. The highest BCUT2D eigenvalue weighted by Gasteiger charge is 2.14. The maximum Gasteiger partial charge on any atom is 0.138 e. The van der Waals surface area contributed by atoms with E-state index in [1.807, 2.05) is 36.3 Å². The summed E-state index contributed by atoms with van der Waals surface area (Å²) in [6, 6.07) is 8.51. The van der Waals surface area contributed by atoms with Gasteiger partial charge in [0, 0.05) is 26.1 Å². The van der Waals surface area contributed by atoms with Crippen molar-refractivity contribution in [2.24, 2.45) is 7.05 Å². The minimum absolute atomic E-state index is 0.301. The van der Waals surface area contributed by atoms with Crippen LogP contribution < -0.4 is 5.32 Å². The Morgan fingerprint density at radius 3 is 2.86 bits per heavy atom. The third-order valence-corrected chi connectivity index (χ3v) is 3.67. The van der Waals surface area contributed by atoms with Crippen molar-refractivity contribution in [1.82, 2.24) is 29.6 Å². The summed E-state index contributed by atoms with van der Waals surface area (Å²) in [4.78, 5) is 8.76. The molecular weight excluding hydrogens is 264 g/mol. The second-order valence-corrected chi connectivity index (χ2v) is 5.14. The number of rotatable bonds is 6. The molecule has 110 valence electrons. The summed E-state index contributed by atoms with van der Waals surface area (Å²) in [5.41, 5.74) is 2.20. The van der Waals surface area contributed by atoms with E-state index in [4.69, 9.17) is 0 Å². The molecule has 6 heteroatoms. The number of nitrogens with zero attached hydrogens (tertiary/aromatic N) is 5. The number of fused-ring (bicyclic) bond motifs is 1. The lowest BCUT2D eigenvalue weighted by Crippen LogP contribution is -2.35. The number of aryl methyl sites for hydroxylation is 1. The van der Waals surface area contributed by atoms with Gasteiger partial charge in [0.05, 0.1) is 17.4 Å². The molecule has 6 nitrogen and oxygen atoms in total. The van der Waals surface area contributed by atoms with Gasteiger partial charge >= 0.3 is 0 Å². The highest BCUT2D eigenvalue weighted by molar-refractivity contribution is 5.74. The van der Waals surface area contributed by atoms with Crippen LogP contribution in [0.2, 0.25) is 0 Å². The summed E-state index contributed by atoms with van der Waals surface area (Å²) in [6.45, 7) is 3.91. The van der Waals surface area contributed by atoms with E-state index < -0.39 is 0 Å². The summed E-state index contributed by atoms with van der Waals surface area (Å²) in [5, 5.41) is 7.66. The Kier molecular flexibility index (Phi) is 3.96. The SMILES string of the molecule is CCNC(Cc1ncnn1C)Cn1cnc2ccccc21.